The molecule has 0 atom stereocenters. The number of fused-ring (bicyclic) bond motifs is 1. The highest BCUT2D eigenvalue weighted by Crippen LogP contribution is 2.19. The smallest absolute Gasteiger partial charge is 0.123 e. The number of halogens is 2. The molecule has 2 aromatic rings. The number of pyridine rings is 1. The normalized spacial score (nSPS) is 9.62. The second-order valence-corrected chi connectivity index (χ2v) is 2.59. The van der Waals surface area contributed by atoms with Crippen molar-refractivity contribution < 1.29 is 4.39 Å². The molecule has 0 fully saturated rings. The van der Waals surface area contributed by atoms with Gasteiger partial charge in [0.25, 0.3) is 0 Å². The van der Waals surface area contributed by atoms with Gasteiger partial charge in [-0.15, -0.1) is 12.4 Å². The van der Waals surface area contributed by atoms with Crippen molar-refractivity contribution in [3.63, 3.8) is 0 Å². The van der Waals surface area contributed by atoms with E-state index in [2.05, 4.69) is 4.98 Å². The molecule has 0 bridgehead atoms. The summed E-state index contributed by atoms with van der Waals surface area (Å²) in [7, 11) is 0. The lowest BCUT2D eigenvalue weighted by atomic mass is 10.1. The first-order chi connectivity index (χ1) is 5.77. The Balaban J connectivity index is 0.000000845. The van der Waals surface area contributed by atoms with E-state index in [1.165, 1.54) is 18.3 Å². The van der Waals surface area contributed by atoms with Gasteiger partial charge in [0.15, 0.2) is 0 Å². The van der Waals surface area contributed by atoms with Crippen LogP contribution in [0.1, 0.15) is 0 Å². The van der Waals surface area contributed by atoms with Gasteiger partial charge in [-0.3, -0.25) is 4.98 Å². The topological polar surface area (TPSA) is 38.9 Å². The zero-order valence-electron chi connectivity index (χ0n) is 6.70. The molecule has 0 aliphatic carbocycles. The molecule has 68 valence electrons. The van der Waals surface area contributed by atoms with Crippen molar-refractivity contribution in [1.82, 2.24) is 4.98 Å². The summed E-state index contributed by atoms with van der Waals surface area (Å²) >= 11 is 0. The predicted octanol–water partition coefficient (Wildman–Crippen LogP) is 2.38. The Morgan fingerprint density at radius 3 is 2.77 bits per heavy atom. The van der Waals surface area contributed by atoms with Crippen molar-refractivity contribution in [2.75, 3.05) is 5.73 Å². The molecule has 2 nitrogen and oxygen atoms in total. The van der Waals surface area contributed by atoms with E-state index in [0.29, 0.717) is 11.1 Å². The molecule has 1 heterocycles. The molecule has 0 amide bonds. The lowest BCUT2D eigenvalue weighted by molar-refractivity contribution is 0.630. The fourth-order valence-electron chi connectivity index (χ4n) is 1.16. The third-order valence-electron chi connectivity index (χ3n) is 1.75. The summed E-state index contributed by atoms with van der Waals surface area (Å²) in [6, 6.07) is 4.46. The summed E-state index contributed by atoms with van der Waals surface area (Å²) in [6.07, 6.45) is 3.17. The molecule has 0 aliphatic rings. The van der Waals surface area contributed by atoms with Crippen LogP contribution in [0.15, 0.2) is 30.6 Å². The molecule has 0 saturated heterocycles. The lowest BCUT2D eigenvalue weighted by Gasteiger charge is -1.99. The molecule has 0 unspecified atom stereocenters. The maximum absolute atomic E-state index is 12.7. The number of hydrogen-bond acceptors (Lipinski definition) is 2. The van der Waals surface area contributed by atoms with E-state index in [9.17, 15) is 4.39 Å². The van der Waals surface area contributed by atoms with Crippen LogP contribution in [0.25, 0.3) is 10.8 Å². The van der Waals surface area contributed by atoms with Crippen molar-refractivity contribution in [1.29, 1.82) is 0 Å². The van der Waals surface area contributed by atoms with E-state index < -0.39 is 0 Å². The van der Waals surface area contributed by atoms with Crippen molar-refractivity contribution in [2.45, 2.75) is 0 Å². The minimum absolute atomic E-state index is 0. The number of benzene rings is 1. The fraction of sp³-hybridized carbons (Fsp3) is 0. The number of nitrogen functional groups attached to an aromatic ring is 1. The Labute approximate surface area is 81.0 Å². The molecule has 4 heteroatoms. The molecule has 0 saturated carbocycles. The van der Waals surface area contributed by atoms with Crippen LogP contribution in [0.5, 0.6) is 0 Å². The molecule has 2 N–H and O–H groups in total. The number of anilines is 1. The lowest BCUT2D eigenvalue weighted by Crippen LogP contribution is -1.88. The van der Waals surface area contributed by atoms with Crippen molar-refractivity contribution in [2.24, 2.45) is 0 Å². The number of nitrogens with zero attached hydrogens (tertiary/aromatic N) is 1. The third-order valence-corrected chi connectivity index (χ3v) is 1.75. The van der Waals surface area contributed by atoms with Crippen LogP contribution in [-0.4, -0.2) is 4.98 Å². The second kappa shape index (κ2) is 3.58. The van der Waals surface area contributed by atoms with E-state index >= 15 is 0 Å². The SMILES string of the molecule is Cl.Nc1cncc2ccc(F)cc12. The molecular formula is C9H8ClFN2. The van der Waals surface area contributed by atoms with Gasteiger partial charge in [0.2, 0.25) is 0 Å². The minimum atomic E-state index is -0.277. The van der Waals surface area contributed by atoms with Crippen molar-refractivity contribution in [3.8, 4) is 0 Å². The first kappa shape index (κ1) is 9.74. The van der Waals surface area contributed by atoms with Crippen LogP contribution >= 0.6 is 12.4 Å². The van der Waals surface area contributed by atoms with Crippen LogP contribution < -0.4 is 5.73 Å². The van der Waals surface area contributed by atoms with Gasteiger partial charge in [0.1, 0.15) is 5.82 Å². The van der Waals surface area contributed by atoms with Crippen molar-refractivity contribution in [3.05, 3.63) is 36.4 Å². The number of rotatable bonds is 0. The second-order valence-electron chi connectivity index (χ2n) is 2.59. The third kappa shape index (κ3) is 1.70. The van der Waals surface area contributed by atoms with Gasteiger partial charge in [-0.25, -0.2) is 4.39 Å². The van der Waals surface area contributed by atoms with Gasteiger partial charge >= 0.3 is 0 Å². The Kier molecular flexibility index (Phi) is 2.68. The van der Waals surface area contributed by atoms with Crippen LogP contribution in [0.4, 0.5) is 10.1 Å². The Bertz CT molecular complexity index is 431. The Hall–Kier alpha value is -1.35. The van der Waals surface area contributed by atoms with Crippen LogP contribution in [0.2, 0.25) is 0 Å². The highest BCUT2D eigenvalue weighted by atomic mass is 35.5. The number of aromatic nitrogens is 1. The maximum atomic E-state index is 12.7. The summed E-state index contributed by atoms with van der Waals surface area (Å²) in [5, 5.41) is 1.57. The van der Waals surface area contributed by atoms with Crippen LogP contribution in [0, 0.1) is 5.82 Å². The summed E-state index contributed by atoms with van der Waals surface area (Å²) in [4.78, 5) is 3.89. The van der Waals surface area contributed by atoms with E-state index in [-0.39, 0.29) is 18.2 Å². The predicted molar refractivity (Wildman–Crippen MR) is 53.4 cm³/mol. The average molecular weight is 199 g/mol. The number of nitrogens with two attached hydrogens (primary N) is 1. The Morgan fingerprint density at radius 1 is 1.23 bits per heavy atom. The van der Waals surface area contributed by atoms with Gasteiger partial charge in [-0.05, 0) is 18.2 Å². The highest BCUT2D eigenvalue weighted by Gasteiger charge is 1.98. The van der Waals surface area contributed by atoms with E-state index in [1.807, 2.05) is 0 Å². The quantitative estimate of drug-likeness (QED) is 0.706. The first-order valence-corrected chi connectivity index (χ1v) is 3.56. The molecule has 0 spiro atoms. The largest absolute Gasteiger partial charge is 0.397 e. The molecule has 1 aromatic heterocycles. The van der Waals surface area contributed by atoms with E-state index in [0.717, 1.165) is 5.39 Å². The van der Waals surface area contributed by atoms with Gasteiger partial charge in [0, 0.05) is 17.0 Å². The van der Waals surface area contributed by atoms with E-state index in [1.54, 1.807) is 12.3 Å². The molecule has 0 radical (unpaired) electrons. The molecular weight excluding hydrogens is 191 g/mol. The average Bonchev–Trinajstić information content (AvgIpc) is 2.07. The first-order valence-electron chi connectivity index (χ1n) is 3.56. The summed E-state index contributed by atoms with van der Waals surface area (Å²) < 4.78 is 12.7. The minimum Gasteiger partial charge on any atom is -0.397 e. The highest BCUT2D eigenvalue weighted by molar-refractivity contribution is 5.91. The van der Waals surface area contributed by atoms with Crippen molar-refractivity contribution >= 4 is 28.9 Å². The summed E-state index contributed by atoms with van der Waals surface area (Å²) in [5.41, 5.74) is 6.10. The van der Waals surface area contributed by atoms with Crippen LogP contribution in [0.3, 0.4) is 0 Å². The standard InChI is InChI=1S/C9H7FN2.ClH/c10-7-2-1-6-4-12-5-9(11)8(6)3-7;/h1-5H,11H2;1H. The van der Waals surface area contributed by atoms with Gasteiger partial charge in [0.05, 0.1) is 11.9 Å². The molecule has 0 aliphatic heterocycles. The Morgan fingerprint density at radius 2 is 2.00 bits per heavy atom. The zero-order valence-corrected chi connectivity index (χ0v) is 7.51. The van der Waals surface area contributed by atoms with Gasteiger partial charge in [-0.2, -0.15) is 0 Å². The molecule has 1 aromatic carbocycles. The van der Waals surface area contributed by atoms with Gasteiger partial charge in [-0.1, -0.05) is 0 Å². The summed E-state index contributed by atoms with van der Waals surface area (Å²) in [6.45, 7) is 0. The number of hydrogen-bond donors (Lipinski definition) is 1. The maximum Gasteiger partial charge on any atom is 0.123 e. The zero-order chi connectivity index (χ0) is 8.55. The van der Waals surface area contributed by atoms with E-state index in [4.69, 9.17) is 5.73 Å². The van der Waals surface area contributed by atoms with Crippen LogP contribution in [-0.2, 0) is 0 Å². The molecule has 2 rings (SSSR count). The summed E-state index contributed by atoms with van der Waals surface area (Å²) in [5.74, 6) is -0.277. The monoisotopic (exact) mass is 198 g/mol. The molecule has 13 heavy (non-hydrogen) atoms. The van der Waals surface area contributed by atoms with Gasteiger partial charge < -0.3 is 5.73 Å². The fourth-order valence-corrected chi connectivity index (χ4v) is 1.16.